The lowest BCUT2D eigenvalue weighted by Gasteiger charge is -2.16. The van der Waals surface area contributed by atoms with Crippen molar-refractivity contribution in [3.05, 3.63) is 71.9 Å². The molecule has 35 heavy (non-hydrogen) atoms. The average Bonchev–Trinajstić information content (AvgIpc) is 2.84. The first-order valence-corrected chi connectivity index (χ1v) is 11.0. The molecule has 9 heteroatoms. The van der Waals surface area contributed by atoms with Crippen molar-refractivity contribution in [2.24, 2.45) is 0 Å². The number of esters is 1. The van der Waals surface area contributed by atoms with Crippen molar-refractivity contribution in [2.45, 2.75) is 20.0 Å². The van der Waals surface area contributed by atoms with Crippen LogP contribution in [-0.2, 0) is 9.47 Å². The lowest BCUT2D eigenvalue weighted by Crippen LogP contribution is -2.19. The van der Waals surface area contributed by atoms with Crippen LogP contribution >= 0.6 is 0 Å². The molecule has 0 bridgehead atoms. The number of anilines is 1. The molecule has 9 nitrogen and oxygen atoms in total. The van der Waals surface area contributed by atoms with Crippen molar-refractivity contribution in [3.8, 4) is 23.0 Å². The van der Waals surface area contributed by atoms with Gasteiger partial charge in [-0.2, -0.15) is 0 Å². The highest BCUT2D eigenvalue weighted by atomic mass is 16.5. The smallest absolute Gasteiger partial charge is 0.339 e. The van der Waals surface area contributed by atoms with Crippen molar-refractivity contribution in [1.29, 1.82) is 0 Å². The van der Waals surface area contributed by atoms with Crippen molar-refractivity contribution in [3.63, 3.8) is 0 Å². The van der Waals surface area contributed by atoms with Crippen LogP contribution in [0.1, 0.15) is 34.6 Å². The molecule has 1 aromatic heterocycles. The molecule has 0 unspecified atom stereocenters. The molecule has 1 atom stereocenters. The molecule has 1 heterocycles. The Kier molecular flexibility index (Phi) is 9.02. The van der Waals surface area contributed by atoms with E-state index in [0.717, 1.165) is 0 Å². The summed E-state index contributed by atoms with van der Waals surface area (Å²) in [6.45, 7) is 4.66. The molecule has 0 radical (unpaired) electrons. The fourth-order valence-corrected chi connectivity index (χ4v) is 3.16. The van der Waals surface area contributed by atoms with E-state index in [9.17, 15) is 9.59 Å². The lowest BCUT2D eigenvalue weighted by molar-refractivity contribution is 0.0600. The van der Waals surface area contributed by atoms with Gasteiger partial charge in [0.05, 0.1) is 25.9 Å². The van der Waals surface area contributed by atoms with E-state index in [-0.39, 0.29) is 17.5 Å². The Morgan fingerprint density at radius 3 is 2.37 bits per heavy atom. The number of benzene rings is 2. The maximum absolute atomic E-state index is 13.0. The summed E-state index contributed by atoms with van der Waals surface area (Å²) in [5.41, 5.74) is 0.569. The first-order chi connectivity index (χ1) is 16.9. The van der Waals surface area contributed by atoms with Gasteiger partial charge in [0, 0.05) is 31.0 Å². The summed E-state index contributed by atoms with van der Waals surface area (Å²) >= 11 is 0. The highest BCUT2D eigenvalue weighted by Crippen LogP contribution is 2.30. The number of hydrogen-bond acceptors (Lipinski definition) is 8. The third-order valence-corrected chi connectivity index (χ3v) is 4.66. The summed E-state index contributed by atoms with van der Waals surface area (Å²) in [6, 6.07) is 15.1. The minimum Gasteiger partial charge on any atom is -0.494 e. The van der Waals surface area contributed by atoms with E-state index in [1.807, 2.05) is 26.0 Å². The number of nitrogens with zero attached hydrogens (tertiary/aromatic N) is 1. The van der Waals surface area contributed by atoms with Crippen LogP contribution in [0.15, 0.2) is 60.8 Å². The molecule has 0 aliphatic rings. The second-order valence-electron chi connectivity index (χ2n) is 7.46. The van der Waals surface area contributed by atoms with Crippen LogP contribution in [0.2, 0.25) is 0 Å². The molecule has 3 aromatic rings. The predicted molar refractivity (Wildman–Crippen MR) is 130 cm³/mol. The zero-order valence-corrected chi connectivity index (χ0v) is 20.1. The molecule has 0 saturated heterocycles. The molecular formula is C26H28N2O7. The van der Waals surface area contributed by atoms with Gasteiger partial charge in [-0.3, -0.25) is 4.79 Å². The number of carbonyl (C=O) groups is 2. The molecule has 0 aliphatic carbocycles. The van der Waals surface area contributed by atoms with Crippen molar-refractivity contribution < 1.29 is 33.3 Å². The normalized spacial score (nSPS) is 11.3. The number of nitrogens with one attached hydrogen (secondary N) is 1. The number of hydrogen-bond donors (Lipinski definition) is 1. The maximum atomic E-state index is 13.0. The first kappa shape index (κ1) is 25.5. The van der Waals surface area contributed by atoms with E-state index in [1.54, 1.807) is 37.4 Å². The number of amides is 1. The molecule has 0 saturated carbocycles. The fourth-order valence-electron chi connectivity index (χ4n) is 3.16. The summed E-state index contributed by atoms with van der Waals surface area (Å²) in [4.78, 5) is 28.7. The molecule has 0 spiro atoms. The average molecular weight is 481 g/mol. The molecule has 3 rings (SSSR count). The van der Waals surface area contributed by atoms with E-state index in [2.05, 4.69) is 15.0 Å². The van der Waals surface area contributed by atoms with Gasteiger partial charge < -0.3 is 29.0 Å². The van der Waals surface area contributed by atoms with Gasteiger partial charge in [-0.15, -0.1) is 0 Å². The summed E-state index contributed by atoms with van der Waals surface area (Å²) in [5.74, 6) is 1.39. The van der Waals surface area contributed by atoms with Gasteiger partial charge in [0.25, 0.3) is 5.91 Å². The molecule has 0 aliphatic heterocycles. The number of ether oxygens (including phenoxy) is 5. The third kappa shape index (κ3) is 7.44. The van der Waals surface area contributed by atoms with Gasteiger partial charge in [-0.25, -0.2) is 9.78 Å². The van der Waals surface area contributed by atoms with Gasteiger partial charge in [0.1, 0.15) is 34.9 Å². The topological polar surface area (TPSA) is 105 Å². The van der Waals surface area contributed by atoms with Crippen molar-refractivity contribution in [1.82, 2.24) is 4.98 Å². The largest absolute Gasteiger partial charge is 0.494 e. The summed E-state index contributed by atoms with van der Waals surface area (Å²) in [7, 11) is 2.87. The van der Waals surface area contributed by atoms with E-state index in [4.69, 9.17) is 18.9 Å². The second kappa shape index (κ2) is 12.4. The van der Waals surface area contributed by atoms with Gasteiger partial charge in [-0.05, 0) is 50.2 Å². The zero-order valence-electron chi connectivity index (χ0n) is 20.1. The number of aromatic nitrogens is 1. The standard InChI is InChI=1S/C26H28N2O7/c1-5-33-20-7-6-8-21(13-20)35-23-12-19(11-22(14-23)34-17(2)16-31-3)25(29)28-24-10-9-18(15-27-24)26(30)32-4/h6-15,17H,5,16H2,1-4H3,(H,27,28,29)/t17-/m0/s1. The van der Waals surface area contributed by atoms with Gasteiger partial charge in [0.2, 0.25) is 0 Å². The SMILES string of the molecule is CCOc1cccc(Oc2cc(O[C@@H](C)COC)cc(C(=O)Nc3ccc(C(=O)OC)cn3)c2)c1. The maximum Gasteiger partial charge on any atom is 0.339 e. The Balaban J connectivity index is 1.85. The molecule has 2 aromatic carbocycles. The van der Waals surface area contributed by atoms with Crippen LogP contribution in [0.4, 0.5) is 5.82 Å². The van der Waals surface area contributed by atoms with Crippen LogP contribution in [0.5, 0.6) is 23.0 Å². The summed E-state index contributed by atoms with van der Waals surface area (Å²) in [5, 5.41) is 2.71. The highest BCUT2D eigenvalue weighted by molar-refractivity contribution is 6.04. The minimum absolute atomic E-state index is 0.250. The second-order valence-corrected chi connectivity index (χ2v) is 7.46. The number of carbonyl (C=O) groups excluding carboxylic acids is 2. The molecular weight excluding hydrogens is 452 g/mol. The van der Waals surface area contributed by atoms with Gasteiger partial charge in [-0.1, -0.05) is 6.07 Å². The van der Waals surface area contributed by atoms with Crippen LogP contribution in [-0.4, -0.2) is 50.4 Å². The Hall–Kier alpha value is -4.11. The molecule has 0 fully saturated rings. The quantitative estimate of drug-likeness (QED) is 0.393. The minimum atomic E-state index is -0.513. The van der Waals surface area contributed by atoms with Crippen LogP contribution in [0.25, 0.3) is 0 Å². The summed E-state index contributed by atoms with van der Waals surface area (Å²) in [6.07, 6.45) is 1.08. The van der Waals surface area contributed by atoms with Crippen LogP contribution < -0.4 is 19.5 Å². The number of methoxy groups -OCH3 is 2. The monoisotopic (exact) mass is 480 g/mol. The fraction of sp³-hybridized carbons (Fsp3) is 0.269. The lowest BCUT2D eigenvalue weighted by atomic mass is 10.1. The Morgan fingerprint density at radius 1 is 0.943 bits per heavy atom. The van der Waals surface area contributed by atoms with Gasteiger partial charge in [0.15, 0.2) is 0 Å². The van der Waals surface area contributed by atoms with Crippen molar-refractivity contribution in [2.75, 3.05) is 32.8 Å². The zero-order chi connectivity index (χ0) is 25.2. The Morgan fingerprint density at radius 2 is 1.69 bits per heavy atom. The first-order valence-electron chi connectivity index (χ1n) is 11.0. The van der Waals surface area contributed by atoms with E-state index < -0.39 is 11.9 Å². The van der Waals surface area contributed by atoms with E-state index in [1.165, 1.54) is 25.4 Å². The number of rotatable bonds is 11. The summed E-state index contributed by atoms with van der Waals surface area (Å²) < 4.78 is 27.2. The Bertz CT molecular complexity index is 1150. The molecule has 1 N–H and O–H groups in total. The van der Waals surface area contributed by atoms with E-state index in [0.29, 0.717) is 41.8 Å². The van der Waals surface area contributed by atoms with Crippen molar-refractivity contribution >= 4 is 17.7 Å². The van der Waals surface area contributed by atoms with E-state index >= 15 is 0 Å². The highest BCUT2D eigenvalue weighted by Gasteiger charge is 2.15. The van der Waals surface area contributed by atoms with Crippen LogP contribution in [0, 0.1) is 0 Å². The predicted octanol–water partition coefficient (Wildman–Crippen LogP) is 4.73. The van der Waals surface area contributed by atoms with Gasteiger partial charge >= 0.3 is 5.97 Å². The molecule has 184 valence electrons. The third-order valence-electron chi connectivity index (χ3n) is 4.66. The Labute approximate surface area is 203 Å². The number of pyridine rings is 1. The molecule has 1 amide bonds. The van der Waals surface area contributed by atoms with Crippen LogP contribution in [0.3, 0.4) is 0 Å².